The molecular formula is C21H31NO. The molecule has 2 atom stereocenters. The molecule has 1 aliphatic carbocycles. The van der Waals surface area contributed by atoms with Gasteiger partial charge in [-0.05, 0) is 68.1 Å². The van der Waals surface area contributed by atoms with Gasteiger partial charge in [-0.1, -0.05) is 39.0 Å². The molecule has 0 spiro atoms. The van der Waals surface area contributed by atoms with Crippen LogP contribution in [0.4, 0.5) is 0 Å². The number of carbonyl (C=O) groups is 1. The van der Waals surface area contributed by atoms with E-state index in [-0.39, 0.29) is 11.3 Å². The molecule has 1 N–H and O–H groups in total. The van der Waals surface area contributed by atoms with E-state index in [0.29, 0.717) is 11.7 Å². The lowest BCUT2D eigenvalue weighted by Gasteiger charge is -2.28. The van der Waals surface area contributed by atoms with Crippen LogP contribution in [-0.4, -0.2) is 10.8 Å². The molecule has 1 aromatic rings. The highest BCUT2D eigenvalue weighted by atomic mass is 16.1. The fourth-order valence-corrected chi connectivity index (χ4v) is 4.22. The van der Waals surface area contributed by atoms with Gasteiger partial charge in [-0.25, -0.2) is 0 Å². The van der Waals surface area contributed by atoms with Crippen LogP contribution < -0.4 is 0 Å². The van der Waals surface area contributed by atoms with Crippen molar-refractivity contribution in [3.63, 3.8) is 0 Å². The molecule has 2 nitrogen and oxygen atoms in total. The number of rotatable bonds is 9. The Morgan fingerprint density at radius 1 is 1.48 bits per heavy atom. The molecule has 1 heterocycles. The topological polar surface area (TPSA) is 32.9 Å². The molecule has 23 heavy (non-hydrogen) atoms. The standard InChI is InChI=1S/C21H31NO/c1-6-8-18(19-10-13-22-16(19)4)15(3)14-21(11-12-21)20(9-7-2)17(5)23/h6,8,10,13,15,20,22H,1,7,9,11-12,14H2,2-5H3/b18-8-/t15?,20-/m1/s1. The number of carbonyl (C=O) groups excluding carboxylic acids is 1. The van der Waals surface area contributed by atoms with Crippen LogP contribution in [0.5, 0.6) is 0 Å². The third-order valence-corrected chi connectivity index (χ3v) is 5.51. The molecule has 1 fully saturated rings. The Kier molecular flexibility index (Phi) is 5.67. The number of ketones is 1. The van der Waals surface area contributed by atoms with Gasteiger partial charge in [0.1, 0.15) is 5.78 Å². The lowest BCUT2D eigenvalue weighted by Crippen LogP contribution is -2.25. The zero-order valence-electron chi connectivity index (χ0n) is 15.1. The second kappa shape index (κ2) is 7.33. The molecule has 2 rings (SSSR count). The molecule has 0 aromatic carbocycles. The quantitative estimate of drug-likeness (QED) is 0.582. The molecule has 1 saturated carbocycles. The third-order valence-electron chi connectivity index (χ3n) is 5.51. The highest BCUT2D eigenvalue weighted by Gasteiger charge is 2.51. The average Bonchev–Trinajstić information content (AvgIpc) is 3.14. The van der Waals surface area contributed by atoms with E-state index in [2.05, 4.69) is 44.5 Å². The molecule has 0 aliphatic heterocycles. The lowest BCUT2D eigenvalue weighted by atomic mass is 9.75. The van der Waals surface area contributed by atoms with E-state index < -0.39 is 0 Å². The van der Waals surface area contributed by atoms with E-state index in [1.165, 1.54) is 29.7 Å². The van der Waals surface area contributed by atoms with Gasteiger partial charge >= 0.3 is 0 Å². The average molecular weight is 313 g/mol. The minimum atomic E-state index is 0.242. The van der Waals surface area contributed by atoms with Crippen LogP contribution in [0.2, 0.25) is 0 Å². The number of hydrogen-bond acceptors (Lipinski definition) is 1. The van der Waals surface area contributed by atoms with E-state index in [0.717, 1.165) is 19.3 Å². The summed E-state index contributed by atoms with van der Waals surface area (Å²) in [5.41, 5.74) is 4.06. The van der Waals surface area contributed by atoms with Crippen LogP contribution in [0.3, 0.4) is 0 Å². The maximum atomic E-state index is 12.1. The molecule has 1 aliphatic rings. The van der Waals surface area contributed by atoms with Gasteiger partial charge in [0.05, 0.1) is 0 Å². The predicted octanol–water partition coefficient (Wildman–Crippen LogP) is 5.70. The highest BCUT2D eigenvalue weighted by Crippen LogP contribution is 2.59. The Morgan fingerprint density at radius 3 is 2.61 bits per heavy atom. The minimum absolute atomic E-state index is 0.242. The van der Waals surface area contributed by atoms with Crippen LogP contribution in [0.15, 0.2) is 31.0 Å². The Bertz CT molecular complexity index is 589. The fourth-order valence-electron chi connectivity index (χ4n) is 4.22. The molecule has 0 bridgehead atoms. The minimum Gasteiger partial charge on any atom is -0.365 e. The first-order valence-electron chi connectivity index (χ1n) is 8.92. The van der Waals surface area contributed by atoms with E-state index >= 15 is 0 Å². The Balaban J connectivity index is 2.20. The third kappa shape index (κ3) is 3.85. The number of aromatic nitrogens is 1. The van der Waals surface area contributed by atoms with Crippen molar-refractivity contribution in [2.24, 2.45) is 17.3 Å². The largest absolute Gasteiger partial charge is 0.365 e. The molecule has 0 saturated heterocycles. The molecule has 0 amide bonds. The monoisotopic (exact) mass is 313 g/mol. The molecule has 2 heteroatoms. The summed E-state index contributed by atoms with van der Waals surface area (Å²) in [6.45, 7) is 12.3. The zero-order valence-corrected chi connectivity index (χ0v) is 15.1. The molecule has 0 radical (unpaired) electrons. The van der Waals surface area contributed by atoms with Crippen molar-refractivity contribution in [3.8, 4) is 0 Å². The zero-order chi connectivity index (χ0) is 17.0. The number of aromatic amines is 1. The highest BCUT2D eigenvalue weighted by molar-refractivity contribution is 5.79. The number of Topliss-reactive ketones (excluding diaryl/α,β-unsaturated/α-hetero) is 1. The van der Waals surface area contributed by atoms with Crippen LogP contribution >= 0.6 is 0 Å². The summed E-state index contributed by atoms with van der Waals surface area (Å²) >= 11 is 0. The summed E-state index contributed by atoms with van der Waals surface area (Å²) < 4.78 is 0. The summed E-state index contributed by atoms with van der Waals surface area (Å²) in [6, 6.07) is 2.15. The first-order valence-corrected chi connectivity index (χ1v) is 8.92. The van der Waals surface area contributed by atoms with Gasteiger partial charge in [0.2, 0.25) is 0 Å². The van der Waals surface area contributed by atoms with E-state index in [1.807, 2.05) is 12.3 Å². The number of hydrogen-bond donors (Lipinski definition) is 1. The summed E-state index contributed by atoms with van der Waals surface area (Å²) in [5, 5.41) is 0. The van der Waals surface area contributed by atoms with E-state index in [4.69, 9.17) is 0 Å². The van der Waals surface area contributed by atoms with Crippen LogP contribution in [-0.2, 0) is 4.79 Å². The van der Waals surface area contributed by atoms with Crippen molar-refractivity contribution in [2.45, 2.75) is 59.8 Å². The molecular weight excluding hydrogens is 282 g/mol. The SMILES string of the molecule is C=C/C=C(\c1cc[nH]c1C)C(C)CC1([C@H](CCC)C(C)=O)CC1. The summed E-state index contributed by atoms with van der Waals surface area (Å²) in [4.78, 5) is 15.4. The lowest BCUT2D eigenvalue weighted by molar-refractivity contribution is -0.123. The Morgan fingerprint density at radius 2 is 2.17 bits per heavy atom. The van der Waals surface area contributed by atoms with Gasteiger partial charge in [-0.3, -0.25) is 4.79 Å². The number of H-pyrrole nitrogens is 1. The van der Waals surface area contributed by atoms with Crippen molar-refractivity contribution in [3.05, 3.63) is 42.3 Å². The van der Waals surface area contributed by atoms with Crippen molar-refractivity contribution >= 4 is 11.4 Å². The molecule has 1 unspecified atom stereocenters. The van der Waals surface area contributed by atoms with Crippen LogP contribution in [0.25, 0.3) is 5.57 Å². The van der Waals surface area contributed by atoms with Gasteiger partial charge in [-0.2, -0.15) is 0 Å². The number of aryl methyl sites for hydroxylation is 1. The van der Waals surface area contributed by atoms with Gasteiger partial charge in [0.25, 0.3) is 0 Å². The summed E-state index contributed by atoms with van der Waals surface area (Å²) in [7, 11) is 0. The number of allylic oxidation sites excluding steroid dienone is 3. The maximum absolute atomic E-state index is 12.1. The second-order valence-corrected chi connectivity index (χ2v) is 7.29. The first-order chi connectivity index (χ1) is 10.9. The van der Waals surface area contributed by atoms with Crippen molar-refractivity contribution in [2.75, 3.05) is 0 Å². The number of nitrogens with one attached hydrogen (secondary N) is 1. The van der Waals surface area contributed by atoms with Crippen LogP contribution in [0, 0.1) is 24.2 Å². The van der Waals surface area contributed by atoms with Crippen molar-refractivity contribution < 1.29 is 4.79 Å². The van der Waals surface area contributed by atoms with E-state index in [1.54, 1.807) is 6.92 Å². The molecule has 126 valence electrons. The molecule has 1 aromatic heterocycles. The first kappa shape index (κ1) is 17.8. The summed E-state index contributed by atoms with van der Waals surface area (Å²) in [6.07, 6.45) is 11.6. The fraction of sp³-hybridized carbons (Fsp3) is 0.571. The van der Waals surface area contributed by atoms with Gasteiger partial charge < -0.3 is 4.98 Å². The maximum Gasteiger partial charge on any atom is 0.133 e. The van der Waals surface area contributed by atoms with Gasteiger partial charge in [-0.15, -0.1) is 0 Å². The van der Waals surface area contributed by atoms with E-state index in [9.17, 15) is 4.79 Å². The van der Waals surface area contributed by atoms with Crippen LogP contribution in [0.1, 0.15) is 64.1 Å². The summed E-state index contributed by atoms with van der Waals surface area (Å²) in [5.74, 6) is 1.06. The Labute approximate surface area is 141 Å². The van der Waals surface area contributed by atoms with Crippen molar-refractivity contribution in [1.29, 1.82) is 0 Å². The second-order valence-electron chi connectivity index (χ2n) is 7.29. The van der Waals surface area contributed by atoms with Gasteiger partial charge in [0, 0.05) is 17.8 Å². The normalized spacial score (nSPS) is 19.2. The smallest absolute Gasteiger partial charge is 0.133 e. The Hall–Kier alpha value is -1.57. The van der Waals surface area contributed by atoms with Crippen molar-refractivity contribution in [1.82, 2.24) is 4.98 Å². The predicted molar refractivity (Wildman–Crippen MR) is 98.2 cm³/mol. The van der Waals surface area contributed by atoms with Gasteiger partial charge in [0.15, 0.2) is 0 Å².